The third-order valence-corrected chi connectivity index (χ3v) is 6.20. The van der Waals surface area contributed by atoms with Gasteiger partial charge in [-0.2, -0.15) is 0 Å². The molecule has 1 aliphatic rings. The number of halogens is 1. The number of nitrogens with one attached hydrogen (secondary N) is 1. The number of amides is 1. The summed E-state index contributed by atoms with van der Waals surface area (Å²) in [5, 5.41) is 2.24. The van der Waals surface area contributed by atoms with Crippen molar-refractivity contribution in [2.45, 2.75) is 31.8 Å². The first-order valence-corrected chi connectivity index (χ1v) is 10.8. The van der Waals surface area contributed by atoms with Gasteiger partial charge >= 0.3 is 0 Å². The molecule has 1 aromatic heterocycles. The van der Waals surface area contributed by atoms with Crippen molar-refractivity contribution in [1.29, 1.82) is 0 Å². The fourth-order valence-corrected chi connectivity index (χ4v) is 4.81. The molecule has 26 heavy (non-hydrogen) atoms. The highest BCUT2D eigenvalue weighted by molar-refractivity contribution is 7.90. The van der Waals surface area contributed by atoms with Crippen molar-refractivity contribution < 1.29 is 22.3 Å². The van der Waals surface area contributed by atoms with Gasteiger partial charge in [0, 0.05) is 17.6 Å². The molecule has 0 spiro atoms. The number of hydrogen-bond donors (Lipinski definition) is 1. The highest BCUT2D eigenvalue weighted by Crippen LogP contribution is 2.24. The minimum absolute atomic E-state index is 0.156. The van der Waals surface area contributed by atoms with Crippen molar-refractivity contribution in [1.82, 2.24) is 9.71 Å². The molecule has 140 valence electrons. The molecule has 1 fully saturated rings. The number of hydrogen-bond acceptors (Lipinski definition) is 6. The number of ether oxygens (including phenoxy) is 1. The molecule has 2 aromatic rings. The molecule has 1 unspecified atom stereocenters. The van der Waals surface area contributed by atoms with Crippen LogP contribution < -0.4 is 4.72 Å². The van der Waals surface area contributed by atoms with Gasteiger partial charge in [-0.25, -0.2) is 17.8 Å². The van der Waals surface area contributed by atoms with E-state index in [0.717, 1.165) is 12.8 Å². The van der Waals surface area contributed by atoms with E-state index in [0.29, 0.717) is 29.3 Å². The second-order valence-electron chi connectivity index (χ2n) is 6.13. The Labute approximate surface area is 155 Å². The molecule has 9 heteroatoms. The Kier molecular flexibility index (Phi) is 6.00. The van der Waals surface area contributed by atoms with Crippen molar-refractivity contribution in [2.24, 2.45) is 0 Å². The van der Waals surface area contributed by atoms with Crippen LogP contribution in [0.2, 0.25) is 0 Å². The monoisotopic (exact) mass is 398 g/mol. The lowest BCUT2D eigenvalue weighted by Gasteiger charge is -2.22. The highest BCUT2D eigenvalue weighted by Gasteiger charge is 2.24. The number of carbonyl (C=O) groups excluding carboxylic acids is 1. The quantitative estimate of drug-likeness (QED) is 0.808. The number of aromatic nitrogens is 1. The molecule has 1 aromatic carbocycles. The van der Waals surface area contributed by atoms with Crippen LogP contribution in [0.25, 0.3) is 10.6 Å². The van der Waals surface area contributed by atoms with Crippen molar-refractivity contribution >= 4 is 27.3 Å². The number of thiazole rings is 1. The maximum Gasteiger partial charge on any atom is 0.239 e. The number of nitrogens with zero attached hydrogens (tertiary/aromatic N) is 1. The van der Waals surface area contributed by atoms with Crippen LogP contribution in [-0.4, -0.2) is 37.8 Å². The summed E-state index contributed by atoms with van der Waals surface area (Å²) in [6, 6.07) is 6.00. The highest BCUT2D eigenvalue weighted by atomic mass is 32.2. The van der Waals surface area contributed by atoms with Gasteiger partial charge in [-0.05, 0) is 31.4 Å². The summed E-state index contributed by atoms with van der Waals surface area (Å²) in [6.45, 7) is 0.551. The lowest BCUT2D eigenvalue weighted by molar-refractivity contribution is -0.118. The summed E-state index contributed by atoms with van der Waals surface area (Å²) in [5.74, 6) is -1.23. The van der Waals surface area contributed by atoms with E-state index in [1.807, 2.05) is 0 Å². The zero-order valence-electron chi connectivity index (χ0n) is 14.0. The van der Waals surface area contributed by atoms with E-state index in [4.69, 9.17) is 4.74 Å². The summed E-state index contributed by atoms with van der Waals surface area (Å²) in [6.07, 6.45) is 2.01. The van der Waals surface area contributed by atoms with E-state index in [2.05, 4.69) is 9.71 Å². The largest absolute Gasteiger partial charge is 0.377 e. The average Bonchev–Trinajstić information content (AvgIpc) is 3.03. The third-order valence-electron chi connectivity index (χ3n) is 3.91. The summed E-state index contributed by atoms with van der Waals surface area (Å²) in [5.41, 5.74) is 1.06. The predicted molar refractivity (Wildman–Crippen MR) is 96.7 cm³/mol. The Bertz CT molecular complexity index is 876. The Morgan fingerprint density at radius 3 is 2.96 bits per heavy atom. The molecule has 1 saturated heterocycles. The molecule has 6 nitrogen and oxygen atoms in total. The van der Waals surface area contributed by atoms with Gasteiger partial charge in [0.15, 0.2) is 0 Å². The molecule has 0 bridgehead atoms. The van der Waals surface area contributed by atoms with Gasteiger partial charge in [-0.15, -0.1) is 11.3 Å². The maximum atomic E-state index is 13.3. The topological polar surface area (TPSA) is 85.4 Å². The Hall–Kier alpha value is -1.84. The van der Waals surface area contributed by atoms with E-state index in [9.17, 15) is 17.6 Å². The molecule has 1 atom stereocenters. The van der Waals surface area contributed by atoms with Crippen LogP contribution in [0.3, 0.4) is 0 Å². The number of sulfonamides is 1. The van der Waals surface area contributed by atoms with Gasteiger partial charge in [-0.3, -0.25) is 9.52 Å². The van der Waals surface area contributed by atoms with Crippen molar-refractivity contribution in [3.63, 3.8) is 0 Å². The molecule has 1 aliphatic heterocycles. The van der Waals surface area contributed by atoms with Crippen LogP contribution in [0, 0.1) is 5.82 Å². The summed E-state index contributed by atoms with van der Waals surface area (Å²) >= 11 is 1.27. The van der Waals surface area contributed by atoms with Crippen LogP contribution in [0.4, 0.5) is 4.39 Å². The van der Waals surface area contributed by atoms with E-state index in [-0.39, 0.29) is 24.1 Å². The van der Waals surface area contributed by atoms with Crippen LogP contribution >= 0.6 is 11.3 Å². The van der Waals surface area contributed by atoms with Crippen LogP contribution in [0.15, 0.2) is 29.6 Å². The van der Waals surface area contributed by atoms with E-state index in [1.165, 1.54) is 23.5 Å². The van der Waals surface area contributed by atoms with Crippen LogP contribution in [-0.2, 0) is 26.0 Å². The number of rotatable bonds is 6. The normalized spacial score (nSPS) is 17.8. The first kappa shape index (κ1) is 18.9. The Morgan fingerprint density at radius 1 is 1.38 bits per heavy atom. The minimum atomic E-state index is -3.75. The molecule has 1 N–H and O–H groups in total. The van der Waals surface area contributed by atoms with Crippen molar-refractivity contribution in [3.8, 4) is 10.6 Å². The molecule has 2 heterocycles. The molecular formula is C17H19FN2O4S2. The van der Waals surface area contributed by atoms with Crippen LogP contribution in [0.1, 0.15) is 25.0 Å². The van der Waals surface area contributed by atoms with Gasteiger partial charge in [-0.1, -0.05) is 12.1 Å². The van der Waals surface area contributed by atoms with E-state index >= 15 is 0 Å². The third kappa shape index (κ3) is 5.33. The molecule has 3 rings (SSSR count). The second kappa shape index (κ2) is 8.24. The first-order chi connectivity index (χ1) is 12.4. The number of carbonyl (C=O) groups is 1. The molecule has 0 radical (unpaired) electrons. The summed E-state index contributed by atoms with van der Waals surface area (Å²) in [4.78, 5) is 16.3. The average molecular weight is 398 g/mol. The second-order valence-corrected chi connectivity index (χ2v) is 8.75. The van der Waals surface area contributed by atoms with E-state index in [1.54, 1.807) is 17.5 Å². The fraction of sp³-hybridized carbons (Fsp3) is 0.412. The maximum absolute atomic E-state index is 13.3. The standard InChI is InChI=1S/C17H19FN2O4S2/c18-13-5-3-4-12(8-13)17-19-14(10-25-17)9-16(21)20-26(22,23)11-15-6-1-2-7-24-15/h3-5,8,10,15H,1-2,6-7,9,11H2,(H,20,21). The van der Waals surface area contributed by atoms with Gasteiger partial charge in [0.05, 0.1) is 24.0 Å². The lowest BCUT2D eigenvalue weighted by Crippen LogP contribution is -2.38. The predicted octanol–water partition coefficient (Wildman–Crippen LogP) is 2.51. The molecule has 0 saturated carbocycles. The van der Waals surface area contributed by atoms with Crippen LogP contribution in [0.5, 0.6) is 0 Å². The van der Waals surface area contributed by atoms with Gasteiger partial charge < -0.3 is 4.74 Å². The Morgan fingerprint density at radius 2 is 2.23 bits per heavy atom. The minimum Gasteiger partial charge on any atom is -0.377 e. The molecule has 0 aliphatic carbocycles. The lowest BCUT2D eigenvalue weighted by atomic mass is 10.1. The first-order valence-electron chi connectivity index (χ1n) is 8.26. The molecule has 1 amide bonds. The van der Waals surface area contributed by atoms with Gasteiger partial charge in [0.1, 0.15) is 10.8 Å². The number of benzene rings is 1. The zero-order valence-corrected chi connectivity index (χ0v) is 15.6. The summed E-state index contributed by atoms with van der Waals surface area (Å²) in [7, 11) is -3.75. The molecular weight excluding hydrogens is 379 g/mol. The fourth-order valence-electron chi connectivity index (χ4n) is 2.74. The van der Waals surface area contributed by atoms with Crippen molar-refractivity contribution in [3.05, 3.63) is 41.2 Å². The van der Waals surface area contributed by atoms with Crippen molar-refractivity contribution in [2.75, 3.05) is 12.4 Å². The zero-order chi connectivity index (χ0) is 18.6. The van der Waals surface area contributed by atoms with Gasteiger partial charge in [0.2, 0.25) is 15.9 Å². The SMILES string of the molecule is O=C(Cc1csc(-c2cccc(F)c2)n1)NS(=O)(=O)CC1CCCCO1. The van der Waals surface area contributed by atoms with E-state index < -0.39 is 15.9 Å². The smallest absolute Gasteiger partial charge is 0.239 e. The van der Waals surface area contributed by atoms with Gasteiger partial charge in [0.25, 0.3) is 0 Å². The Balaban J connectivity index is 1.58. The summed E-state index contributed by atoms with van der Waals surface area (Å²) < 4.78 is 44.9.